The Kier molecular flexibility index (Phi) is 3.44. The molecule has 4 aliphatic rings. The quantitative estimate of drug-likeness (QED) is 0.563. The van der Waals surface area contributed by atoms with Gasteiger partial charge in [-0.1, -0.05) is 5.57 Å². The van der Waals surface area contributed by atoms with E-state index in [1.54, 1.807) is 6.08 Å². The lowest BCUT2D eigenvalue weighted by atomic mass is 9.49. The Morgan fingerprint density at radius 1 is 1.11 bits per heavy atom. The van der Waals surface area contributed by atoms with Crippen LogP contribution in [0.25, 0.3) is 0 Å². The first-order valence-corrected chi connectivity index (χ1v) is 7.86. The minimum Gasteiger partial charge on any atom is -0.463 e. The fourth-order valence-electron chi connectivity index (χ4n) is 5.24. The van der Waals surface area contributed by atoms with Gasteiger partial charge in [-0.3, -0.25) is 0 Å². The average molecular weight is 262 g/mol. The van der Waals surface area contributed by atoms with Crippen LogP contribution in [0.1, 0.15) is 58.8 Å². The summed E-state index contributed by atoms with van der Waals surface area (Å²) >= 11 is 0. The fraction of sp³-hybridized carbons (Fsp3) is 0.824. The number of carbonyl (C=O) groups is 1. The maximum absolute atomic E-state index is 11.5. The highest BCUT2D eigenvalue weighted by Gasteiger charge is 2.50. The van der Waals surface area contributed by atoms with Crippen LogP contribution in [-0.2, 0) is 9.53 Å². The molecular weight excluding hydrogens is 236 g/mol. The van der Waals surface area contributed by atoms with Gasteiger partial charge in [0, 0.05) is 6.08 Å². The van der Waals surface area contributed by atoms with Crippen molar-refractivity contribution >= 4 is 5.97 Å². The van der Waals surface area contributed by atoms with Crippen LogP contribution in [0.5, 0.6) is 0 Å². The Labute approximate surface area is 116 Å². The predicted molar refractivity (Wildman–Crippen MR) is 75.6 cm³/mol. The van der Waals surface area contributed by atoms with E-state index in [4.69, 9.17) is 4.74 Å². The van der Waals surface area contributed by atoms with Crippen LogP contribution in [0.2, 0.25) is 0 Å². The molecule has 4 bridgehead atoms. The van der Waals surface area contributed by atoms with Crippen LogP contribution < -0.4 is 0 Å². The molecule has 2 nitrogen and oxygen atoms in total. The van der Waals surface area contributed by atoms with Crippen LogP contribution in [0.4, 0.5) is 0 Å². The van der Waals surface area contributed by atoms with Gasteiger partial charge < -0.3 is 4.74 Å². The number of ether oxygens (including phenoxy) is 1. The maximum Gasteiger partial charge on any atom is 0.330 e. The molecule has 0 aromatic heterocycles. The highest BCUT2D eigenvalue weighted by molar-refractivity contribution is 5.82. The Balaban J connectivity index is 1.53. The van der Waals surface area contributed by atoms with E-state index in [-0.39, 0.29) is 5.97 Å². The zero-order valence-electron chi connectivity index (χ0n) is 12.3. The smallest absolute Gasteiger partial charge is 0.330 e. The SMILES string of the molecule is CC(C)=CC(=O)OCCC12CC3CC(CC(C3)C1)C2. The van der Waals surface area contributed by atoms with Crippen LogP contribution in [0.3, 0.4) is 0 Å². The van der Waals surface area contributed by atoms with Gasteiger partial charge in [0.05, 0.1) is 6.61 Å². The number of esters is 1. The molecule has 0 aliphatic heterocycles. The predicted octanol–water partition coefficient (Wildman–Crippen LogP) is 4.10. The third-order valence-corrected chi connectivity index (χ3v) is 5.45. The van der Waals surface area contributed by atoms with E-state index in [1.807, 2.05) is 13.8 Å². The molecule has 0 aromatic carbocycles. The number of rotatable bonds is 4. The summed E-state index contributed by atoms with van der Waals surface area (Å²) in [5, 5.41) is 0. The minimum atomic E-state index is -0.162. The first-order chi connectivity index (χ1) is 9.05. The first kappa shape index (κ1) is 13.2. The van der Waals surface area contributed by atoms with Gasteiger partial charge in [0.25, 0.3) is 0 Å². The Morgan fingerprint density at radius 2 is 1.63 bits per heavy atom. The summed E-state index contributed by atoms with van der Waals surface area (Å²) in [5.41, 5.74) is 1.54. The molecule has 0 spiro atoms. The molecule has 2 heteroatoms. The molecule has 4 aliphatic carbocycles. The summed E-state index contributed by atoms with van der Waals surface area (Å²) in [4.78, 5) is 11.5. The molecule has 0 heterocycles. The molecule has 0 N–H and O–H groups in total. The first-order valence-electron chi connectivity index (χ1n) is 7.86. The maximum atomic E-state index is 11.5. The molecule has 0 unspecified atom stereocenters. The Hall–Kier alpha value is -0.790. The molecule has 19 heavy (non-hydrogen) atoms. The topological polar surface area (TPSA) is 26.3 Å². The standard InChI is InChI=1S/C17H26O2/c1-12(2)5-16(18)19-4-3-17-9-13-6-14(10-17)8-15(7-13)11-17/h5,13-15H,3-4,6-11H2,1-2H3. The van der Waals surface area contributed by atoms with E-state index >= 15 is 0 Å². The molecule has 0 aromatic rings. The molecular formula is C17H26O2. The number of hydrogen-bond acceptors (Lipinski definition) is 2. The van der Waals surface area contributed by atoms with E-state index in [1.165, 1.54) is 38.5 Å². The minimum absolute atomic E-state index is 0.162. The fourth-order valence-corrected chi connectivity index (χ4v) is 5.24. The van der Waals surface area contributed by atoms with Gasteiger partial charge >= 0.3 is 5.97 Å². The lowest BCUT2D eigenvalue weighted by Crippen LogP contribution is -2.46. The third kappa shape index (κ3) is 2.88. The van der Waals surface area contributed by atoms with Gasteiger partial charge in [-0.25, -0.2) is 4.79 Å². The summed E-state index contributed by atoms with van der Waals surface area (Å²) in [6.07, 6.45) is 11.3. The summed E-state index contributed by atoms with van der Waals surface area (Å²) in [6, 6.07) is 0. The second-order valence-corrected chi connectivity index (χ2v) is 7.56. The zero-order chi connectivity index (χ0) is 13.5. The van der Waals surface area contributed by atoms with Crippen molar-refractivity contribution in [3.05, 3.63) is 11.6 Å². The number of hydrogen-bond donors (Lipinski definition) is 0. The van der Waals surface area contributed by atoms with Crippen molar-refractivity contribution in [3.8, 4) is 0 Å². The van der Waals surface area contributed by atoms with E-state index in [9.17, 15) is 4.79 Å². The molecule has 4 saturated carbocycles. The van der Waals surface area contributed by atoms with Crippen molar-refractivity contribution in [3.63, 3.8) is 0 Å². The summed E-state index contributed by atoms with van der Waals surface area (Å²) in [7, 11) is 0. The molecule has 0 radical (unpaired) electrons. The van der Waals surface area contributed by atoms with Gasteiger partial charge in [0.1, 0.15) is 0 Å². The third-order valence-electron chi connectivity index (χ3n) is 5.45. The van der Waals surface area contributed by atoms with Crippen LogP contribution >= 0.6 is 0 Å². The van der Waals surface area contributed by atoms with E-state index in [0.717, 1.165) is 29.7 Å². The van der Waals surface area contributed by atoms with Gasteiger partial charge in [-0.2, -0.15) is 0 Å². The number of allylic oxidation sites excluding steroid dienone is 1. The Morgan fingerprint density at radius 3 is 2.11 bits per heavy atom. The monoisotopic (exact) mass is 262 g/mol. The highest BCUT2D eigenvalue weighted by atomic mass is 16.5. The largest absolute Gasteiger partial charge is 0.463 e. The summed E-state index contributed by atoms with van der Waals surface area (Å²) in [6.45, 7) is 4.48. The van der Waals surface area contributed by atoms with Gasteiger partial charge in [0.15, 0.2) is 0 Å². The van der Waals surface area contributed by atoms with E-state index in [0.29, 0.717) is 12.0 Å². The van der Waals surface area contributed by atoms with Crippen molar-refractivity contribution < 1.29 is 9.53 Å². The van der Waals surface area contributed by atoms with Crippen molar-refractivity contribution in [2.24, 2.45) is 23.2 Å². The lowest BCUT2D eigenvalue weighted by Gasteiger charge is -2.57. The average Bonchev–Trinajstić information content (AvgIpc) is 2.25. The van der Waals surface area contributed by atoms with Gasteiger partial charge in [-0.05, 0) is 82.0 Å². The zero-order valence-corrected chi connectivity index (χ0v) is 12.3. The van der Waals surface area contributed by atoms with Gasteiger partial charge in [0.2, 0.25) is 0 Å². The van der Waals surface area contributed by atoms with E-state index in [2.05, 4.69) is 0 Å². The summed E-state index contributed by atoms with van der Waals surface area (Å²) < 4.78 is 5.38. The van der Waals surface area contributed by atoms with Crippen molar-refractivity contribution in [1.82, 2.24) is 0 Å². The molecule has 4 fully saturated rings. The number of carbonyl (C=O) groups excluding carboxylic acids is 1. The van der Waals surface area contributed by atoms with Crippen LogP contribution in [-0.4, -0.2) is 12.6 Å². The second kappa shape index (κ2) is 4.96. The highest BCUT2D eigenvalue weighted by Crippen LogP contribution is 2.61. The van der Waals surface area contributed by atoms with Gasteiger partial charge in [-0.15, -0.1) is 0 Å². The molecule has 0 amide bonds. The normalized spacial score (nSPS) is 39.2. The lowest BCUT2D eigenvalue weighted by molar-refractivity contribution is -0.140. The second-order valence-electron chi connectivity index (χ2n) is 7.56. The van der Waals surface area contributed by atoms with Crippen LogP contribution in [0, 0.1) is 23.2 Å². The molecule has 0 saturated heterocycles. The summed E-state index contributed by atoms with van der Waals surface area (Å²) in [5.74, 6) is 2.80. The molecule has 106 valence electrons. The Bertz CT molecular complexity index is 355. The van der Waals surface area contributed by atoms with Crippen molar-refractivity contribution in [2.45, 2.75) is 58.8 Å². The molecule has 4 rings (SSSR count). The van der Waals surface area contributed by atoms with E-state index < -0.39 is 0 Å². The van der Waals surface area contributed by atoms with Crippen molar-refractivity contribution in [1.29, 1.82) is 0 Å². The van der Waals surface area contributed by atoms with Crippen molar-refractivity contribution in [2.75, 3.05) is 6.61 Å². The van der Waals surface area contributed by atoms with Crippen LogP contribution in [0.15, 0.2) is 11.6 Å². The molecule has 0 atom stereocenters.